The Morgan fingerprint density at radius 2 is 0.776 bits per heavy atom. The quantitative estimate of drug-likeness (QED) is 0.184. The van der Waals surface area contributed by atoms with Crippen LogP contribution in [0, 0.1) is 0 Å². The fourth-order valence-corrected chi connectivity index (χ4v) is 6.50. The van der Waals surface area contributed by atoms with Crippen molar-refractivity contribution in [1.29, 1.82) is 0 Å². The zero-order valence-corrected chi connectivity index (χ0v) is 26.5. The Morgan fingerprint density at radius 1 is 0.306 bits per heavy atom. The number of furan rings is 1. The van der Waals surface area contributed by atoms with E-state index in [1.165, 1.54) is 5.56 Å². The van der Waals surface area contributed by atoms with E-state index >= 15 is 0 Å². The number of benzene rings is 7. The summed E-state index contributed by atoms with van der Waals surface area (Å²) in [6, 6.07) is 60.4. The van der Waals surface area contributed by atoms with Crippen LogP contribution in [0.4, 0.5) is 0 Å². The Balaban J connectivity index is 1.18. The molecule has 4 nitrogen and oxygen atoms in total. The van der Waals surface area contributed by atoms with Gasteiger partial charge in [0.05, 0.1) is 0 Å². The molecule has 0 spiro atoms. The molecule has 0 atom stereocenters. The van der Waals surface area contributed by atoms with Crippen molar-refractivity contribution in [2.24, 2.45) is 0 Å². The molecule has 49 heavy (non-hydrogen) atoms. The van der Waals surface area contributed by atoms with Crippen LogP contribution in [0.3, 0.4) is 0 Å². The molecule has 9 rings (SSSR count). The third kappa shape index (κ3) is 5.45. The summed E-state index contributed by atoms with van der Waals surface area (Å²) in [4.78, 5) is 15.1. The fourth-order valence-electron chi connectivity index (χ4n) is 6.50. The smallest absolute Gasteiger partial charge is 0.164 e. The van der Waals surface area contributed by atoms with Gasteiger partial charge in [0.15, 0.2) is 17.5 Å². The molecule has 0 aliphatic rings. The molecule has 4 heteroatoms. The Morgan fingerprint density at radius 3 is 1.45 bits per heavy atom. The minimum atomic E-state index is 0.586. The second-order valence-electron chi connectivity index (χ2n) is 12.1. The van der Waals surface area contributed by atoms with Gasteiger partial charge in [-0.2, -0.15) is 0 Å². The maximum atomic E-state index is 6.46. The van der Waals surface area contributed by atoms with Crippen molar-refractivity contribution in [3.63, 3.8) is 0 Å². The Hall–Kier alpha value is -6.65. The normalized spacial score (nSPS) is 11.3. The molecule has 0 aliphatic heterocycles. The molecule has 0 aliphatic carbocycles. The van der Waals surface area contributed by atoms with Crippen LogP contribution in [0.15, 0.2) is 180 Å². The van der Waals surface area contributed by atoms with Crippen molar-refractivity contribution in [3.8, 4) is 67.5 Å². The summed E-state index contributed by atoms with van der Waals surface area (Å²) in [6.07, 6.45) is 0. The number of nitrogens with zero attached hydrogens (tertiary/aromatic N) is 3. The summed E-state index contributed by atoms with van der Waals surface area (Å²) < 4.78 is 6.46. The zero-order valence-electron chi connectivity index (χ0n) is 26.5. The van der Waals surface area contributed by atoms with E-state index in [-0.39, 0.29) is 0 Å². The van der Waals surface area contributed by atoms with Crippen LogP contribution in [0.1, 0.15) is 0 Å². The van der Waals surface area contributed by atoms with Crippen LogP contribution >= 0.6 is 0 Å². The third-order valence-corrected chi connectivity index (χ3v) is 8.95. The molecule has 0 amide bonds. The Kier molecular flexibility index (Phi) is 7.10. The van der Waals surface area contributed by atoms with Gasteiger partial charge in [-0.3, -0.25) is 0 Å². The number of aromatic nitrogens is 3. The van der Waals surface area contributed by atoms with Crippen LogP contribution < -0.4 is 0 Å². The van der Waals surface area contributed by atoms with Gasteiger partial charge in [-0.1, -0.05) is 152 Å². The van der Waals surface area contributed by atoms with Gasteiger partial charge >= 0.3 is 0 Å². The van der Waals surface area contributed by atoms with E-state index < -0.39 is 0 Å². The molecular formula is C45H29N3O. The van der Waals surface area contributed by atoms with Crippen LogP contribution in [0.2, 0.25) is 0 Å². The first kappa shape index (κ1) is 28.6. The molecular weight excluding hydrogens is 599 g/mol. The maximum Gasteiger partial charge on any atom is 0.164 e. The van der Waals surface area contributed by atoms with E-state index in [2.05, 4.69) is 140 Å². The van der Waals surface area contributed by atoms with E-state index in [0.29, 0.717) is 17.5 Å². The van der Waals surface area contributed by atoms with E-state index in [1.807, 2.05) is 36.4 Å². The van der Waals surface area contributed by atoms with E-state index in [1.54, 1.807) is 0 Å². The number of hydrogen-bond acceptors (Lipinski definition) is 4. The van der Waals surface area contributed by atoms with Crippen molar-refractivity contribution in [2.75, 3.05) is 0 Å². The lowest BCUT2D eigenvalue weighted by Crippen LogP contribution is -2.00. The summed E-state index contributed by atoms with van der Waals surface area (Å²) in [7, 11) is 0. The van der Waals surface area contributed by atoms with Gasteiger partial charge in [0.25, 0.3) is 0 Å². The highest BCUT2D eigenvalue weighted by atomic mass is 16.3. The number of rotatable bonds is 6. The highest BCUT2D eigenvalue weighted by Crippen LogP contribution is 2.38. The van der Waals surface area contributed by atoms with Crippen molar-refractivity contribution in [2.45, 2.75) is 0 Å². The molecule has 7 aromatic carbocycles. The second kappa shape index (κ2) is 12.2. The number of fused-ring (bicyclic) bond motifs is 3. The molecule has 0 unspecified atom stereocenters. The van der Waals surface area contributed by atoms with Gasteiger partial charge in [-0.15, -0.1) is 0 Å². The van der Waals surface area contributed by atoms with Crippen molar-refractivity contribution in [3.05, 3.63) is 176 Å². The van der Waals surface area contributed by atoms with Gasteiger partial charge in [-0.05, 0) is 57.6 Å². The minimum absolute atomic E-state index is 0.586. The first-order chi connectivity index (χ1) is 24.3. The highest BCUT2D eigenvalue weighted by Gasteiger charge is 2.17. The molecule has 0 saturated heterocycles. The molecule has 2 aromatic heterocycles. The summed E-state index contributed by atoms with van der Waals surface area (Å²) in [5.41, 5.74) is 11.2. The first-order valence-corrected chi connectivity index (χ1v) is 16.4. The Bertz CT molecular complexity index is 2580. The van der Waals surface area contributed by atoms with Gasteiger partial charge in [0.2, 0.25) is 0 Å². The lowest BCUT2D eigenvalue weighted by atomic mass is 9.99. The standard InChI is InChI=1S/C45H29N3O/c1-4-12-30(13-5-1)32-22-24-34(25-23-32)43-46-44(36-19-10-18-35(28-36)31-14-6-2-7-15-31)48-45(47-43)37-26-27-39-41(29-37)49-40-21-11-20-38(42(39)40)33-16-8-3-9-17-33/h1-29H. The molecule has 0 fully saturated rings. The predicted octanol–water partition coefficient (Wildman–Crippen LogP) is 11.8. The fraction of sp³-hybridized carbons (Fsp3) is 0. The summed E-state index contributed by atoms with van der Waals surface area (Å²) in [6.45, 7) is 0. The molecule has 0 radical (unpaired) electrons. The van der Waals surface area contributed by atoms with Crippen molar-refractivity contribution in [1.82, 2.24) is 15.0 Å². The van der Waals surface area contributed by atoms with Gasteiger partial charge < -0.3 is 4.42 Å². The molecule has 230 valence electrons. The molecule has 0 N–H and O–H groups in total. The summed E-state index contributed by atoms with van der Waals surface area (Å²) in [5.74, 6) is 1.81. The lowest BCUT2D eigenvalue weighted by molar-refractivity contribution is 0.669. The van der Waals surface area contributed by atoms with E-state index in [0.717, 1.165) is 66.4 Å². The molecule has 2 heterocycles. The zero-order chi connectivity index (χ0) is 32.6. The first-order valence-electron chi connectivity index (χ1n) is 16.4. The van der Waals surface area contributed by atoms with E-state index in [4.69, 9.17) is 19.4 Å². The van der Waals surface area contributed by atoms with Crippen LogP contribution in [-0.4, -0.2) is 15.0 Å². The molecule has 9 aromatic rings. The SMILES string of the molecule is c1ccc(-c2ccc(-c3nc(-c4cccc(-c5ccccc5)c4)nc(-c4ccc5c(c4)oc4cccc(-c6ccccc6)c45)n3)cc2)cc1. The molecule has 0 bridgehead atoms. The monoisotopic (exact) mass is 627 g/mol. The highest BCUT2D eigenvalue weighted by molar-refractivity contribution is 6.13. The Labute approximate surface area is 284 Å². The minimum Gasteiger partial charge on any atom is -0.456 e. The molecule has 0 saturated carbocycles. The van der Waals surface area contributed by atoms with Gasteiger partial charge in [0.1, 0.15) is 11.2 Å². The summed E-state index contributed by atoms with van der Waals surface area (Å²) >= 11 is 0. The van der Waals surface area contributed by atoms with E-state index in [9.17, 15) is 0 Å². The van der Waals surface area contributed by atoms with Crippen molar-refractivity contribution >= 4 is 21.9 Å². The summed E-state index contributed by atoms with van der Waals surface area (Å²) in [5, 5.41) is 2.16. The third-order valence-electron chi connectivity index (χ3n) is 8.95. The lowest BCUT2D eigenvalue weighted by Gasteiger charge is -2.10. The predicted molar refractivity (Wildman–Crippen MR) is 200 cm³/mol. The number of hydrogen-bond donors (Lipinski definition) is 0. The topological polar surface area (TPSA) is 51.8 Å². The second-order valence-corrected chi connectivity index (χ2v) is 12.1. The van der Waals surface area contributed by atoms with Crippen LogP contribution in [0.25, 0.3) is 89.5 Å². The largest absolute Gasteiger partial charge is 0.456 e. The van der Waals surface area contributed by atoms with Gasteiger partial charge in [0, 0.05) is 27.5 Å². The van der Waals surface area contributed by atoms with Crippen LogP contribution in [0.5, 0.6) is 0 Å². The van der Waals surface area contributed by atoms with Crippen LogP contribution in [-0.2, 0) is 0 Å². The van der Waals surface area contributed by atoms with Crippen molar-refractivity contribution < 1.29 is 4.42 Å². The average Bonchev–Trinajstić information content (AvgIpc) is 3.57. The van der Waals surface area contributed by atoms with Gasteiger partial charge in [-0.25, -0.2) is 15.0 Å². The maximum absolute atomic E-state index is 6.46. The average molecular weight is 628 g/mol.